The van der Waals surface area contributed by atoms with Crippen molar-refractivity contribution in [2.45, 2.75) is 32.2 Å². The minimum atomic E-state index is 0.0894. The number of hydrogen-bond acceptors (Lipinski definition) is 2. The summed E-state index contributed by atoms with van der Waals surface area (Å²) >= 11 is 5.85. The lowest BCUT2D eigenvalue weighted by Gasteiger charge is -2.30. The van der Waals surface area contributed by atoms with Crippen LogP contribution in [0.15, 0.2) is 24.3 Å². The van der Waals surface area contributed by atoms with E-state index in [-0.39, 0.29) is 5.91 Å². The maximum atomic E-state index is 12.4. The summed E-state index contributed by atoms with van der Waals surface area (Å²) < 4.78 is 0. The van der Waals surface area contributed by atoms with Crippen LogP contribution in [0.1, 0.15) is 36.5 Å². The highest BCUT2D eigenvalue weighted by atomic mass is 35.5. The third kappa shape index (κ3) is 3.95. The molecule has 1 aromatic rings. The largest absolute Gasteiger partial charge is 0.337 e. The zero-order valence-corrected chi connectivity index (χ0v) is 12.1. The van der Waals surface area contributed by atoms with Gasteiger partial charge in [0.05, 0.1) is 0 Å². The first kappa shape index (κ1) is 14.4. The lowest BCUT2D eigenvalue weighted by atomic mass is 10.0. The Morgan fingerprint density at radius 3 is 2.68 bits per heavy atom. The van der Waals surface area contributed by atoms with Gasteiger partial charge in [-0.3, -0.25) is 4.79 Å². The van der Waals surface area contributed by atoms with Crippen molar-refractivity contribution in [1.29, 1.82) is 0 Å². The summed E-state index contributed by atoms with van der Waals surface area (Å²) in [7, 11) is 0. The molecular weight excluding hydrogens is 260 g/mol. The smallest absolute Gasteiger partial charge is 0.253 e. The van der Waals surface area contributed by atoms with Crippen molar-refractivity contribution in [3.8, 4) is 0 Å². The Kier molecular flexibility index (Phi) is 5.23. The summed E-state index contributed by atoms with van der Waals surface area (Å²) in [4.78, 5) is 14.3. The normalized spacial score (nSPS) is 19.2. The van der Waals surface area contributed by atoms with E-state index in [0.717, 1.165) is 26.1 Å². The number of rotatable bonds is 4. The van der Waals surface area contributed by atoms with Gasteiger partial charge in [0.25, 0.3) is 5.91 Å². The van der Waals surface area contributed by atoms with E-state index < -0.39 is 0 Å². The first-order valence-corrected chi connectivity index (χ1v) is 7.36. The van der Waals surface area contributed by atoms with Crippen LogP contribution in [0.3, 0.4) is 0 Å². The van der Waals surface area contributed by atoms with Crippen molar-refractivity contribution >= 4 is 17.5 Å². The minimum absolute atomic E-state index is 0.0894. The number of halogens is 1. The fourth-order valence-corrected chi connectivity index (χ4v) is 2.60. The van der Waals surface area contributed by atoms with Gasteiger partial charge < -0.3 is 10.2 Å². The highest BCUT2D eigenvalue weighted by molar-refractivity contribution is 6.30. The predicted molar refractivity (Wildman–Crippen MR) is 78.7 cm³/mol. The van der Waals surface area contributed by atoms with Crippen LogP contribution in [-0.4, -0.2) is 36.5 Å². The summed E-state index contributed by atoms with van der Waals surface area (Å²) in [5, 5.41) is 4.15. The molecule has 1 atom stereocenters. The molecule has 1 fully saturated rings. The maximum Gasteiger partial charge on any atom is 0.253 e. The van der Waals surface area contributed by atoms with Gasteiger partial charge in [-0.05, 0) is 50.6 Å². The Bertz CT molecular complexity index is 413. The van der Waals surface area contributed by atoms with Gasteiger partial charge in [0.1, 0.15) is 0 Å². The predicted octanol–water partition coefficient (Wildman–Crippen LogP) is 2.94. The third-order valence-electron chi connectivity index (χ3n) is 3.61. The summed E-state index contributed by atoms with van der Waals surface area (Å²) in [6, 6.07) is 7.55. The Hall–Kier alpha value is -1.06. The quantitative estimate of drug-likeness (QED) is 0.920. The van der Waals surface area contributed by atoms with E-state index in [1.165, 1.54) is 12.8 Å². The van der Waals surface area contributed by atoms with Gasteiger partial charge in [-0.1, -0.05) is 18.0 Å². The average Bonchev–Trinajstić information content (AvgIpc) is 2.46. The number of nitrogens with zero attached hydrogens (tertiary/aromatic N) is 1. The Labute approximate surface area is 119 Å². The molecule has 1 aliphatic rings. The summed E-state index contributed by atoms with van der Waals surface area (Å²) in [5.74, 6) is 0.0894. The SMILES string of the molecule is CCN(CC1CCCCN1)C(=O)c1ccc(Cl)cc1. The molecule has 2 rings (SSSR count). The molecule has 0 bridgehead atoms. The molecule has 0 spiro atoms. The summed E-state index contributed by atoms with van der Waals surface area (Å²) in [6.07, 6.45) is 3.66. The highest BCUT2D eigenvalue weighted by Crippen LogP contribution is 2.13. The molecule has 0 radical (unpaired) electrons. The summed E-state index contributed by atoms with van der Waals surface area (Å²) in [6.45, 7) is 4.62. The van der Waals surface area contributed by atoms with E-state index in [2.05, 4.69) is 5.32 Å². The molecule has 1 unspecified atom stereocenters. The van der Waals surface area contributed by atoms with Crippen LogP contribution in [0.25, 0.3) is 0 Å². The number of benzene rings is 1. The van der Waals surface area contributed by atoms with Crippen molar-refractivity contribution in [2.24, 2.45) is 0 Å². The molecule has 0 aromatic heterocycles. The molecule has 1 aliphatic heterocycles. The number of piperidine rings is 1. The van der Waals surface area contributed by atoms with Gasteiger partial charge in [-0.15, -0.1) is 0 Å². The Balaban J connectivity index is 1.99. The second kappa shape index (κ2) is 6.92. The molecule has 104 valence electrons. The molecule has 4 heteroatoms. The zero-order valence-electron chi connectivity index (χ0n) is 11.4. The first-order valence-electron chi connectivity index (χ1n) is 6.99. The average molecular weight is 281 g/mol. The van der Waals surface area contributed by atoms with Crippen molar-refractivity contribution in [3.05, 3.63) is 34.9 Å². The first-order chi connectivity index (χ1) is 9.20. The molecule has 1 saturated heterocycles. The molecule has 0 aliphatic carbocycles. The van der Waals surface area contributed by atoms with Crippen LogP contribution in [0.4, 0.5) is 0 Å². The van der Waals surface area contributed by atoms with Crippen LogP contribution >= 0.6 is 11.6 Å². The standard InChI is InChI=1S/C15H21ClN2O/c1-2-18(11-14-5-3-4-10-17-14)15(19)12-6-8-13(16)9-7-12/h6-9,14,17H,2-5,10-11H2,1H3. The monoisotopic (exact) mass is 280 g/mol. The lowest BCUT2D eigenvalue weighted by molar-refractivity contribution is 0.0741. The molecule has 1 N–H and O–H groups in total. The topological polar surface area (TPSA) is 32.3 Å². The number of hydrogen-bond donors (Lipinski definition) is 1. The number of carbonyl (C=O) groups excluding carboxylic acids is 1. The van der Waals surface area contributed by atoms with Crippen LogP contribution < -0.4 is 5.32 Å². The van der Waals surface area contributed by atoms with E-state index in [4.69, 9.17) is 11.6 Å². The fourth-order valence-electron chi connectivity index (χ4n) is 2.48. The van der Waals surface area contributed by atoms with E-state index in [1.54, 1.807) is 24.3 Å². The second-order valence-electron chi connectivity index (χ2n) is 5.00. The van der Waals surface area contributed by atoms with Crippen molar-refractivity contribution in [2.75, 3.05) is 19.6 Å². The molecule has 3 nitrogen and oxygen atoms in total. The summed E-state index contributed by atoms with van der Waals surface area (Å²) in [5.41, 5.74) is 0.710. The Morgan fingerprint density at radius 1 is 1.37 bits per heavy atom. The second-order valence-corrected chi connectivity index (χ2v) is 5.43. The van der Waals surface area contributed by atoms with E-state index in [1.807, 2.05) is 11.8 Å². The van der Waals surface area contributed by atoms with Crippen LogP contribution in [-0.2, 0) is 0 Å². The van der Waals surface area contributed by atoms with Crippen molar-refractivity contribution in [1.82, 2.24) is 10.2 Å². The minimum Gasteiger partial charge on any atom is -0.337 e. The van der Waals surface area contributed by atoms with Crippen LogP contribution in [0.2, 0.25) is 5.02 Å². The van der Waals surface area contributed by atoms with Crippen LogP contribution in [0.5, 0.6) is 0 Å². The van der Waals surface area contributed by atoms with Gasteiger partial charge in [0.15, 0.2) is 0 Å². The lowest BCUT2D eigenvalue weighted by Crippen LogP contribution is -2.45. The molecule has 1 amide bonds. The number of likely N-dealkylation sites (N-methyl/N-ethyl adjacent to an activating group) is 1. The fraction of sp³-hybridized carbons (Fsp3) is 0.533. The molecular formula is C15H21ClN2O. The number of nitrogens with one attached hydrogen (secondary N) is 1. The van der Waals surface area contributed by atoms with Gasteiger partial charge in [0.2, 0.25) is 0 Å². The van der Waals surface area contributed by atoms with Gasteiger partial charge in [-0.2, -0.15) is 0 Å². The highest BCUT2D eigenvalue weighted by Gasteiger charge is 2.20. The van der Waals surface area contributed by atoms with Crippen LogP contribution in [0, 0.1) is 0 Å². The zero-order chi connectivity index (χ0) is 13.7. The maximum absolute atomic E-state index is 12.4. The third-order valence-corrected chi connectivity index (χ3v) is 3.87. The van der Waals surface area contributed by atoms with Crippen molar-refractivity contribution in [3.63, 3.8) is 0 Å². The van der Waals surface area contributed by atoms with Gasteiger partial charge in [0, 0.05) is 29.7 Å². The van der Waals surface area contributed by atoms with Gasteiger partial charge >= 0.3 is 0 Å². The van der Waals surface area contributed by atoms with Gasteiger partial charge in [-0.25, -0.2) is 0 Å². The molecule has 1 heterocycles. The number of carbonyl (C=O) groups is 1. The molecule has 0 saturated carbocycles. The van der Waals surface area contributed by atoms with Crippen molar-refractivity contribution < 1.29 is 4.79 Å². The number of amides is 1. The molecule has 1 aromatic carbocycles. The van der Waals surface area contributed by atoms with E-state index in [9.17, 15) is 4.79 Å². The molecule has 19 heavy (non-hydrogen) atoms. The Morgan fingerprint density at radius 2 is 2.11 bits per heavy atom. The van der Waals surface area contributed by atoms with E-state index >= 15 is 0 Å². The van der Waals surface area contributed by atoms with E-state index in [0.29, 0.717) is 16.6 Å².